The van der Waals surface area contributed by atoms with Crippen LogP contribution >= 0.6 is 0 Å². The average molecular weight is 419 g/mol. The number of nitrogens with one attached hydrogen (secondary N) is 1. The number of fused-ring (bicyclic) bond motifs is 1. The van der Waals surface area contributed by atoms with Crippen LogP contribution in [0.4, 0.5) is 5.69 Å². The Morgan fingerprint density at radius 2 is 1.93 bits per heavy atom. The normalized spacial score (nSPS) is 14.4. The van der Waals surface area contributed by atoms with E-state index in [0.717, 1.165) is 11.3 Å². The van der Waals surface area contributed by atoms with Gasteiger partial charge in [-0.15, -0.1) is 0 Å². The number of amides is 1. The van der Waals surface area contributed by atoms with Gasteiger partial charge < -0.3 is 14.4 Å². The molecule has 2 aromatic rings. The number of anilines is 1. The Labute approximate surface area is 171 Å². The van der Waals surface area contributed by atoms with Gasteiger partial charge in [-0.05, 0) is 55.3 Å². The summed E-state index contributed by atoms with van der Waals surface area (Å²) in [7, 11) is -0.676. The van der Waals surface area contributed by atoms with Crippen molar-refractivity contribution in [3.05, 3.63) is 47.5 Å². The number of hydrogen-bond donors (Lipinski definition) is 1. The van der Waals surface area contributed by atoms with Crippen molar-refractivity contribution in [1.29, 1.82) is 0 Å². The predicted molar refractivity (Wildman–Crippen MR) is 111 cm³/mol. The standard InChI is InChI=1S/C21H26N2O5S/c1-5-21(24)23-11-10-15-12-17(7-8-19(15)23)29(25,26)22-14(2)18-13-16(27-3)6-9-20(18)28-4/h6-9,12-14,22H,5,10-11H2,1-4H3. The molecule has 0 radical (unpaired) electrons. The van der Waals surface area contributed by atoms with E-state index in [9.17, 15) is 13.2 Å². The van der Waals surface area contributed by atoms with Crippen LogP contribution in [0.5, 0.6) is 11.5 Å². The van der Waals surface area contributed by atoms with E-state index in [4.69, 9.17) is 9.47 Å². The molecule has 1 atom stereocenters. The molecule has 7 nitrogen and oxygen atoms in total. The molecule has 156 valence electrons. The molecule has 0 bridgehead atoms. The minimum Gasteiger partial charge on any atom is -0.497 e. The number of carbonyl (C=O) groups excluding carboxylic acids is 1. The van der Waals surface area contributed by atoms with Crippen molar-refractivity contribution < 1.29 is 22.7 Å². The maximum absolute atomic E-state index is 13.0. The second-order valence-corrected chi connectivity index (χ2v) is 8.60. The Morgan fingerprint density at radius 3 is 2.59 bits per heavy atom. The number of methoxy groups -OCH3 is 2. The third kappa shape index (κ3) is 4.23. The molecule has 1 heterocycles. The fraction of sp³-hybridized carbons (Fsp3) is 0.381. The minimum atomic E-state index is -3.77. The van der Waals surface area contributed by atoms with Gasteiger partial charge in [-0.3, -0.25) is 4.79 Å². The zero-order valence-corrected chi connectivity index (χ0v) is 17.9. The molecule has 0 aliphatic carbocycles. The molecule has 0 saturated carbocycles. The number of ether oxygens (including phenoxy) is 2. The van der Waals surface area contributed by atoms with Gasteiger partial charge in [0.2, 0.25) is 15.9 Å². The van der Waals surface area contributed by atoms with Gasteiger partial charge in [0.15, 0.2) is 0 Å². The van der Waals surface area contributed by atoms with E-state index in [2.05, 4.69) is 4.72 Å². The summed E-state index contributed by atoms with van der Waals surface area (Å²) in [6.45, 7) is 4.15. The summed E-state index contributed by atoms with van der Waals surface area (Å²) in [5.74, 6) is 1.23. The molecule has 3 rings (SSSR count). The molecule has 0 fully saturated rings. The van der Waals surface area contributed by atoms with Crippen LogP contribution in [-0.2, 0) is 21.2 Å². The highest BCUT2D eigenvalue weighted by Crippen LogP contribution is 2.33. The zero-order valence-electron chi connectivity index (χ0n) is 17.1. The van der Waals surface area contributed by atoms with Crippen LogP contribution in [0, 0.1) is 0 Å². The van der Waals surface area contributed by atoms with Crippen molar-refractivity contribution in [1.82, 2.24) is 4.72 Å². The number of hydrogen-bond acceptors (Lipinski definition) is 5. The first-order valence-electron chi connectivity index (χ1n) is 9.48. The lowest BCUT2D eigenvalue weighted by molar-refractivity contribution is -0.118. The van der Waals surface area contributed by atoms with Crippen molar-refractivity contribution in [2.45, 2.75) is 37.6 Å². The summed E-state index contributed by atoms with van der Waals surface area (Å²) in [6.07, 6.45) is 1.06. The van der Waals surface area contributed by atoms with Gasteiger partial charge in [0.05, 0.1) is 19.1 Å². The number of carbonyl (C=O) groups is 1. The van der Waals surface area contributed by atoms with Crippen LogP contribution in [-0.4, -0.2) is 35.1 Å². The van der Waals surface area contributed by atoms with E-state index in [1.807, 2.05) is 6.92 Å². The second kappa shape index (κ2) is 8.42. The highest BCUT2D eigenvalue weighted by Gasteiger charge is 2.27. The lowest BCUT2D eigenvalue weighted by atomic mass is 10.1. The Balaban J connectivity index is 1.86. The zero-order chi connectivity index (χ0) is 21.2. The molecule has 1 aliphatic heterocycles. The fourth-order valence-electron chi connectivity index (χ4n) is 3.54. The summed E-state index contributed by atoms with van der Waals surface area (Å²) in [4.78, 5) is 13.9. The van der Waals surface area contributed by atoms with E-state index in [1.165, 1.54) is 13.2 Å². The first-order valence-corrected chi connectivity index (χ1v) is 11.0. The molecule has 29 heavy (non-hydrogen) atoms. The SMILES string of the molecule is CCC(=O)N1CCc2cc(S(=O)(=O)NC(C)c3cc(OC)ccc3OC)ccc21. The maximum Gasteiger partial charge on any atom is 0.241 e. The van der Waals surface area contributed by atoms with Crippen LogP contribution in [0.25, 0.3) is 0 Å². The van der Waals surface area contributed by atoms with E-state index < -0.39 is 16.1 Å². The molecule has 2 aromatic carbocycles. The van der Waals surface area contributed by atoms with Crippen LogP contribution in [0.3, 0.4) is 0 Å². The van der Waals surface area contributed by atoms with Gasteiger partial charge in [-0.2, -0.15) is 0 Å². The third-order valence-electron chi connectivity index (χ3n) is 5.10. The van der Waals surface area contributed by atoms with Crippen LogP contribution < -0.4 is 19.1 Å². The Kier molecular flexibility index (Phi) is 6.14. The Bertz CT molecular complexity index is 1020. The van der Waals surface area contributed by atoms with Crippen LogP contribution in [0.2, 0.25) is 0 Å². The summed E-state index contributed by atoms with van der Waals surface area (Å²) in [5, 5.41) is 0. The van der Waals surface area contributed by atoms with Gasteiger partial charge in [0, 0.05) is 30.3 Å². The molecule has 1 aliphatic rings. The Hall–Kier alpha value is -2.58. The smallest absolute Gasteiger partial charge is 0.241 e. The summed E-state index contributed by atoms with van der Waals surface area (Å²) >= 11 is 0. The quantitative estimate of drug-likeness (QED) is 0.747. The topological polar surface area (TPSA) is 84.9 Å². The van der Waals surface area contributed by atoms with Crippen molar-refractivity contribution in [3.8, 4) is 11.5 Å². The van der Waals surface area contributed by atoms with Crippen LogP contribution in [0.15, 0.2) is 41.3 Å². The first kappa shape index (κ1) is 21.1. The van der Waals surface area contributed by atoms with Gasteiger partial charge in [-0.1, -0.05) is 6.92 Å². The molecule has 1 amide bonds. The number of sulfonamides is 1. The number of benzene rings is 2. The van der Waals surface area contributed by atoms with Gasteiger partial charge in [-0.25, -0.2) is 13.1 Å². The highest BCUT2D eigenvalue weighted by molar-refractivity contribution is 7.89. The van der Waals surface area contributed by atoms with Crippen LogP contribution in [0.1, 0.15) is 37.4 Å². The van der Waals surface area contributed by atoms with E-state index in [-0.39, 0.29) is 10.8 Å². The molecule has 0 aromatic heterocycles. The van der Waals surface area contributed by atoms with Gasteiger partial charge in [0.25, 0.3) is 0 Å². The highest BCUT2D eigenvalue weighted by atomic mass is 32.2. The monoisotopic (exact) mass is 418 g/mol. The van der Waals surface area contributed by atoms with Crippen molar-refractivity contribution in [3.63, 3.8) is 0 Å². The molecular weight excluding hydrogens is 392 g/mol. The fourth-order valence-corrected chi connectivity index (χ4v) is 4.81. The van der Waals surface area contributed by atoms with Gasteiger partial charge >= 0.3 is 0 Å². The maximum atomic E-state index is 13.0. The van der Waals surface area contributed by atoms with Gasteiger partial charge in [0.1, 0.15) is 11.5 Å². The lowest BCUT2D eigenvalue weighted by Crippen LogP contribution is -2.28. The number of rotatable bonds is 7. The molecule has 1 N–H and O–H groups in total. The minimum absolute atomic E-state index is 0.0382. The molecule has 0 spiro atoms. The predicted octanol–water partition coefficient (Wildman–Crippen LogP) is 3.04. The third-order valence-corrected chi connectivity index (χ3v) is 6.63. The first-order chi connectivity index (χ1) is 13.8. The van der Waals surface area contributed by atoms with Crippen molar-refractivity contribution in [2.24, 2.45) is 0 Å². The van der Waals surface area contributed by atoms with E-state index in [1.54, 1.807) is 49.3 Å². The largest absolute Gasteiger partial charge is 0.497 e. The lowest BCUT2D eigenvalue weighted by Gasteiger charge is -2.19. The molecule has 0 saturated heterocycles. The van der Waals surface area contributed by atoms with E-state index in [0.29, 0.717) is 36.4 Å². The average Bonchev–Trinajstić information content (AvgIpc) is 3.15. The summed E-state index contributed by atoms with van der Waals surface area (Å²) in [5.41, 5.74) is 2.33. The molecule has 8 heteroatoms. The second-order valence-electron chi connectivity index (χ2n) is 6.89. The summed E-state index contributed by atoms with van der Waals surface area (Å²) < 4.78 is 39.3. The number of nitrogens with zero attached hydrogens (tertiary/aromatic N) is 1. The van der Waals surface area contributed by atoms with Crippen molar-refractivity contribution in [2.75, 3.05) is 25.7 Å². The summed E-state index contributed by atoms with van der Waals surface area (Å²) in [6, 6.07) is 9.62. The van der Waals surface area contributed by atoms with E-state index >= 15 is 0 Å². The van der Waals surface area contributed by atoms with Crippen molar-refractivity contribution >= 4 is 21.6 Å². The molecular formula is C21H26N2O5S. The molecule has 1 unspecified atom stereocenters. The Morgan fingerprint density at radius 1 is 1.17 bits per heavy atom.